The van der Waals surface area contributed by atoms with Crippen molar-refractivity contribution in [3.63, 3.8) is 0 Å². The molecule has 1 nitrogen and oxygen atoms in total. The first-order valence-corrected chi connectivity index (χ1v) is 18.1. The number of rotatable bonds is 3. The van der Waals surface area contributed by atoms with Crippen LogP contribution in [-0.4, -0.2) is 0 Å². The van der Waals surface area contributed by atoms with E-state index in [1.54, 1.807) is 0 Å². The van der Waals surface area contributed by atoms with E-state index in [1.165, 1.54) is 95.5 Å². The average molecular weight is 646 g/mol. The maximum absolute atomic E-state index is 2.43. The van der Waals surface area contributed by atoms with Crippen molar-refractivity contribution in [2.45, 2.75) is 6.42 Å². The summed E-state index contributed by atoms with van der Waals surface area (Å²) in [5.41, 5.74) is 9.21. The van der Waals surface area contributed by atoms with Gasteiger partial charge in [0.1, 0.15) is 0 Å². The number of hydrogen-bond acceptors (Lipinski definition) is 3. The van der Waals surface area contributed by atoms with Crippen LogP contribution in [0.5, 0.6) is 0 Å². The lowest BCUT2D eigenvalue weighted by Crippen LogP contribution is -2.09. The number of hydrogen-bond donors (Lipinski definition) is 0. The molecule has 224 valence electrons. The smallest absolute Gasteiger partial charge is 0.0476 e. The molecule has 3 heteroatoms. The normalized spacial score (nSPS) is 12.5. The molecule has 0 atom stereocenters. The molecule has 10 aromatic rings. The fraction of sp³-hybridized carbons (Fsp3) is 0.0222. The Morgan fingerprint density at radius 2 is 1.12 bits per heavy atom. The SMILES string of the molecule is c1ccc(N(c2ccc3c(c2)sc2cc4ccccc4cc23)c2ccc3sc4ccc5c(c4c3c2)-c2ccc3ccccc3c2C5)cc1. The molecule has 0 saturated carbocycles. The molecule has 0 amide bonds. The fourth-order valence-corrected chi connectivity index (χ4v) is 10.3. The summed E-state index contributed by atoms with van der Waals surface area (Å²) in [5, 5.41) is 10.7. The Morgan fingerprint density at radius 1 is 0.417 bits per heavy atom. The molecule has 11 rings (SSSR count). The summed E-state index contributed by atoms with van der Waals surface area (Å²) in [4.78, 5) is 2.42. The van der Waals surface area contributed by atoms with Crippen LogP contribution in [0, 0.1) is 0 Å². The van der Waals surface area contributed by atoms with Crippen LogP contribution < -0.4 is 4.90 Å². The Kier molecular flexibility index (Phi) is 5.54. The molecule has 0 fully saturated rings. The summed E-state index contributed by atoms with van der Waals surface area (Å²) in [7, 11) is 0. The van der Waals surface area contributed by atoms with Crippen molar-refractivity contribution in [2.24, 2.45) is 0 Å². The number of fused-ring (bicyclic) bond motifs is 13. The van der Waals surface area contributed by atoms with Gasteiger partial charge in [0.25, 0.3) is 0 Å². The van der Waals surface area contributed by atoms with Crippen LogP contribution in [0.3, 0.4) is 0 Å². The van der Waals surface area contributed by atoms with Crippen LogP contribution in [0.4, 0.5) is 17.1 Å². The zero-order valence-corrected chi connectivity index (χ0v) is 27.5. The molecular weight excluding hydrogens is 619 g/mol. The first-order chi connectivity index (χ1) is 23.8. The van der Waals surface area contributed by atoms with E-state index in [9.17, 15) is 0 Å². The van der Waals surface area contributed by atoms with Crippen LogP contribution in [-0.2, 0) is 6.42 Å². The van der Waals surface area contributed by atoms with E-state index in [-0.39, 0.29) is 0 Å². The zero-order chi connectivity index (χ0) is 31.3. The molecule has 0 N–H and O–H groups in total. The molecule has 48 heavy (non-hydrogen) atoms. The first kappa shape index (κ1) is 26.6. The lowest BCUT2D eigenvalue weighted by Gasteiger charge is -2.25. The zero-order valence-electron chi connectivity index (χ0n) is 25.9. The minimum atomic E-state index is 0.986. The summed E-state index contributed by atoms with van der Waals surface area (Å²) < 4.78 is 5.33. The molecule has 2 heterocycles. The topological polar surface area (TPSA) is 3.24 Å². The van der Waals surface area contributed by atoms with Gasteiger partial charge < -0.3 is 4.90 Å². The molecule has 0 saturated heterocycles. The summed E-state index contributed by atoms with van der Waals surface area (Å²) in [6.45, 7) is 0. The molecule has 1 aliphatic rings. The van der Waals surface area contributed by atoms with E-state index in [4.69, 9.17) is 0 Å². The van der Waals surface area contributed by atoms with Crippen LogP contribution in [0.1, 0.15) is 11.1 Å². The van der Waals surface area contributed by atoms with Crippen LogP contribution in [0.15, 0.2) is 152 Å². The van der Waals surface area contributed by atoms with Gasteiger partial charge in [0, 0.05) is 57.4 Å². The average Bonchev–Trinajstić information content (AvgIpc) is 3.81. The van der Waals surface area contributed by atoms with Gasteiger partial charge in [0.15, 0.2) is 0 Å². The Labute approximate surface area is 285 Å². The van der Waals surface area contributed by atoms with Gasteiger partial charge in [-0.3, -0.25) is 0 Å². The summed E-state index contributed by atoms with van der Waals surface area (Å²) in [6, 6.07) is 56.4. The third-order valence-corrected chi connectivity index (χ3v) is 12.5. The second-order valence-electron chi connectivity index (χ2n) is 12.9. The highest BCUT2D eigenvalue weighted by molar-refractivity contribution is 7.26. The Bertz CT molecular complexity index is 2930. The van der Waals surface area contributed by atoms with E-state index >= 15 is 0 Å². The molecular formula is C45H27NS2. The molecule has 8 aromatic carbocycles. The van der Waals surface area contributed by atoms with Crippen molar-refractivity contribution in [3.05, 3.63) is 163 Å². The number of anilines is 3. The van der Waals surface area contributed by atoms with Gasteiger partial charge >= 0.3 is 0 Å². The number of nitrogens with zero attached hydrogens (tertiary/aromatic N) is 1. The second-order valence-corrected chi connectivity index (χ2v) is 15.1. The number of benzene rings is 8. The largest absolute Gasteiger partial charge is 0.310 e. The van der Waals surface area contributed by atoms with Crippen molar-refractivity contribution in [1.29, 1.82) is 0 Å². The van der Waals surface area contributed by atoms with Gasteiger partial charge in [0.2, 0.25) is 0 Å². The predicted octanol–water partition coefficient (Wildman–Crippen LogP) is 13.8. The van der Waals surface area contributed by atoms with E-state index in [1.807, 2.05) is 22.7 Å². The van der Waals surface area contributed by atoms with E-state index in [0.717, 1.165) is 12.1 Å². The maximum Gasteiger partial charge on any atom is 0.0476 e. The quantitative estimate of drug-likeness (QED) is 0.185. The van der Waals surface area contributed by atoms with Crippen LogP contribution in [0.25, 0.3) is 73.0 Å². The van der Waals surface area contributed by atoms with E-state index in [0.29, 0.717) is 0 Å². The standard InChI is InChI=1S/C45H27NS2/c1-2-11-31(12-3-1)46(33-16-19-35-38-22-28-9-4-5-10-29(28)24-42(38)48-43(35)26-33)32-17-21-40-39(25-32)45-41(47-40)20-15-30-23-37-34-13-7-6-8-27(34)14-18-36(37)44(30)45/h1-22,24-26H,23H2. The molecule has 1 aliphatic carbocycles. The summed E-state index contributed by atoms with van der Waals surface area (Å²) in [5.74, 6) is 0. The molecule has 0 spiro atoms. The Hall–Kier alpha value is -5.48. The number of para-hydroxylation sites is 1. The Balaban J connectivity index is 1.12. The maximum atomic E-state index is 2.43. The van der Waals surface area contributed by atoms with Crippen molar-refractivity contribution in [3.8, 4) is 11.1 Å². The summed E-state index contributed by atoms with van der Waals surface area (Å²) >= 11 is 3.79. The number of thiophene rings is 2. The first-order valence-electron chi connectivity index (χ1n) is 16.5. The highest BCUT2D eigenvalue weighted by Crippen LogP contribution is 2.50. The van der Waals surface area contributed by atoms with Crippen LogP contribution in [0.2, 0.25) is 0 Å². The minimum Gasteiger partial charge on any atom is -0.310 e. The molecule has 2 aromatic heterocycles. The van der Waals surface area contributed by atoms with Crippen molar-refractivity contribution in [1.82, 2.24) is 0 Å². The van der Waals surface area contributed by atoms with Crippen molar-refractivity contribution in [2.75, 3.05) is 4.90 Å². The third-order valence-electron chi connectivity index (χ3n) is 10.2. The minimum absolute atomic E-state index is 0.986. The van der Waals surface area contributed by atoms with Gasteiger partial charge in [-0.2, -0.15) is 0 Å². The lowest BCUT2D eigenvalue weighted by atomic mass is 9.97. The van der Waals surface area contributed by atoms with Crippen molar-refractivity contribution >= 4 is 102 Å². The fourth-order valence-electron chi connectivity index (χ4n) is 8.06. The second kappa shape index (κ2) is 10.0. The highest BCUT2D eigenvalue weighted by Gasteiger charge is 2.25. The van der Waals surface area contributed by atoms with Gasteiger partial charge in [-0.25, -0.2) is 0 Å². The highest BCUT2D eigenvalue weighted by atomic mass is 32.1. The summed E-state index contributed by atoms with van der Waals surface area (Å²) in [6.07, 6.45) is 0.986. The molecule has 0 bridgehead atoms. The van der Waals surface area contributed by atoms with Crippen LogP contribution >= 0.6 is 22.7 Å². The third kappa shape index (κ3) is 3.83. The van der Waals surface area contributed by atoms with Gasteiger partial charge in [0.05, 0.1) is 0 Å². The van der Waals surface area contributed by atoms with E-state index in [2.05, 4.69) is 157 Å². The lowest BCUT2D eigenvalue weighted by molar-refractivity contribution is 1.29. The predicted molar refractivity (Wildman–Crippen MR) is 210 cm³/mol. The van der Waals surface area contributed by atoms with Gasteiger partial charge in [-0.15, -0.1) is 22.7 Å². The van der Waals surface area contributed by atoms with Gasteiger partial charge in [-0.1, -0.05) is 91.0 Å². The van der Waals surface area contributed by atoms with Crippen molar-refractivity contribution < 1.29 is 0 Å². The van der Waals surface area contributed by atoms with E-state index < -0.39 is 0 Å². The Morgan fingerprint density at radius 3 is 2.02 bits per heavy atom. The molecule has 0 aliphatic heterocycles. The van der Waals surface area contributed by atoms with Gasteiger partial charge in [-0.05, 0) is 111 Å². The molecule has 0 radical (unpaired) electrons. The monoisotopic (exact) mass is 645 g/mol. The molecule has 0 unspecified atom stereocenters.